The molecule has 1 atom stereocenters. The topological polar surface area (TPSA) is 66.8 Å². The minimum absolute atomic E-state index is 0.135. The molecular formula is C18H25NO4. The highest BCUT2D eigenvalue weighted by Gasteiger charge is 2.31. The average molecular weight is 319 g/mol. The van der Waals surface area contributed by atoms with Crippen molar-refractivity contribution in [3.8, 4) is 0 Å². The van der Waals surface area contributed by atoms with Crippen molar-refractivity contribution in [2.75, 3.05) is 7.05 Å². The van der Waals surface area contributed by atoms with Gasteiger partial charge in [0.1, 0.15) is 6.61 Å². The molecule has 1 aromatic rings. The number of carboxylic acids is 1. The number of aliphatic carboxylic acids is 1. The first kappa shape index (κ1) is 17.3. The zero-order chi connectivity index (χ0) is 16.8. The van der Waals surface area contributed by atoms with Crippen LogP contribution in [0.15, 0.2) is 30.3 Å². The molecule has 0 aromatic heterocycles. The highest BCUT2D eigenvalue weighted by Crippen LogP contribution is 2.32. The summed E-state index contributed by atoms with van der Waals surface area (Å²) in [6.07, 6.45) is 3.03. The van der Waals surface area contributed by atoms with Gasteiger partial charge in [-0.1, -0.05) is 37.3 Å². The van der Waals surface area contributed by atoms with Gasteiger partial charge < -0.3 is 14.7 Å². The van der Waals surface area contributed by atoms with E-state index < -0.39 is 5.97 Å². The molecular weight excluding hydrogens is 294 g/mol. The van der Waals surface area contributed by atoms with Gasteiger partial charge in [0.15, 0.2) is 0 Å². The third-order valence-electron chi connectivity index (χ3n) is 4.88. The lowest BCUT2D eigenvalue weighted by Crippen LogP contribution is -2.40. The molecule has 1 fully saturated rings. The first-order valence-corrected chi connectivity index (χ1v) is 8.15. The molecule has 1 amide bonds. The molecule has 126 valence electrons. The van der Waals surface area contributed by atoms with Crippen LogP contribution < -0.4 is 0 Å². The predicted molar refractivity (Wildman–Crippen MR) is 86.9 cm³/mol. The zero-order valence-electron chi connectivity index (χ0n) is 13.8. The number of benzene rings is 1. The normalized spacial score (nSPS) is 22.2. The molecule has 5 heteroatoms. The Kier molecular flexibility index (Phi) is 6.02. The van der Waals surface area contributed by atoms with E-state index in [1.54, 1.807) is 18.9 Å². The van der Waals surface area contributed by atoms with Gasteiger partial charge in [-0.15, -0.1) is 0 Å². The van der Waals surface area contributed by atoms with Gasteiger partial charge >= 0.3 is 12.1 Å². The molecule has 1 unspecified atom stereocenters. The van der Waals surface area contributed by atoms with Gasteiger partial charge in [0.2, 0.25) is 0 Å². The summed E-state index contributed by atoms with van der Waals surface area (Å²) in [5.74, 6) is -0.840. The van der Waals surface area contributed by atoms with Crippen molar-refractivity contribution in [1.29, 1.82) is 0 Å². The first-order chi connectivity index (χ1) is 11.0. The highest BCUT2D eigenvalue weighted by molar-refractivity contribution is 5.70. The van der Waals surface area contributed by atoms with Gasteiger partial charge in [0.05, 0.1) is 5.92 Å². The molecule has 0 bridgehead atoms. The molecule has 2 rings (SSSR count). The van der Waals surface area contributed by atoms with Crippen LogP contribution in [0.4, 0.5) is 4.79 Å². The van der Waals surface area contributed by atoms with Gasteiger partial charge in [-0.25, -0.2) is 4.79 Å². The monoisotopic (exact) mass is 319 g/mol. The number of rotatable bonds is 5. The van der Waals surface area contributed by atoms with Crippen LogP contribution >= 0.6 is 0 Å². The van der Waals surface area contributed by atoms with Gasteiger partial charge in [-0.2, -0.15) is 0 Å². The Morgan fingerprint density at radius 3 is 2.39 bits per heavy atom. The van der Waals surface area contributed by atoms with E-state index in [9.17, 15) is 9.59 Å². The Labute approximate surface area is 137 Å². The minimum Gasteiger partial charge on any atom is -0.481 e. The van der Waals surface area contributed by atoms with Crippen molar-refractivity contribution < 1.29 is 19.4 Å². The number of nitrogens with zero attached hydrogens (tertiary/aromatic N) is 1. The largest absolute Gasteiger partial charge is 0.481 e. The Balaban J connectivity index is 1.78. The molecule has 0 saturated heterocycles. The maximum absolute atomic E-state index is 12.1. The van der Waals surface area contributed by atoms with Crippen molar-refractivity contribution in [2.24, 2.45) is 11.8 Å². The van der Waals surface area contributed by atoms with Crippen LogP contribution in [0.5, 0.6) is 0 Å². The van der Waals surface area contributed by atoms with Gasteiger partial charge in [0.25, 0.3) is 0 Å². The Morgan fingerprint density at radius 1 is 1.22 bits per heavy atom. The van der Waals surface area contributed by atoms with E-state index in [1.165, 1.54) is 0 Å². The van der Waals surface area contributed by atoms with Crippen LogP contribution in [0.1, 0.15) is 38.2 Å². The van der Waals surface area contributed by atoms with Crippen LogP contribution in [0.25, 0.3) is 0 Å². The molecule has 23 heavy (non-hydrogen) atoms. The summed E-state index contributed by atoms with van der Waals surface area (Å²) in [5, 5.41) is 9.09. The summed E-state index contributed by atoms with van der Waals surface area (Å²) in [4.78, 5) is 24.9. The maximum Gasteiger partial charge on any atom is 0.410 e. The second-order valence-corrected chi connectivity index (χ2v) is 6.35. The van der Waals surface area contributed by atoms with E-state index in [1.807, 2.05) is 30.3 Å². The molecule has 5 nitrogen and oxygen atoms in total. The summed E-state index contributed by atoms with van der Waals surface area (Å²) in [6, 6.07) is 9.73. The van der Waals surface area contributed by atoms with E-state index in [-0.39, 0.29) is 30.6 Å². The van der Waals surface area contributed by atoms with E-state index >= 15 is 0 Å². The van der Waals surface area contributed by atoms with Crippen LogP contribution in [0.2, 0.25) is 0 Å². The fourth-order valence-corrected chi connectivity index (χ4v) is 3.16. The fourth-order valence-electron chi connectivity index (χ4n) is 3.16. The summed E-state index contributed by atoms with van der Waals surface area (Å²) in [5.41, 5.74) is 0.966. The standard InChI is InChI=1S/C18H25NO4/c1-13(17(20)21)15-8-10-16(11-9-15)19(2)18(22)23-12-14-6-4-3-5-7-14/h3-7,13,15-16H,8-12H2,1-2H3,(H,20,21). The summed E-state index contributed by atoms with van der Waals surface area (Å²) in [7, 11) is 1.76. The highest BCUT2D eigenvalue weighted by atomic mass is 16.6. The van der Waals surface area contributed by atoms with Crippen LogP contribution in [0.3, 0.4) is 0 Å². The lowest BCUT2D eigenvalue weighted by Gasteiger charge is -2.35. The van der Waals surface area contributed by atoms with Crippen LogP contribution in [-0.2, 0) is 16.1 Å². The molecule has 0 aliphatic heterocycles. The number of carbonyl (C=O) groups excluding carboxylic acids is 1. The molecule has 1 N–H and O–H groups in total. The summed E-state index contributed by atoms with van der Waals surface area (Å²) < 4.78 is 5.35. The lowest BCUT2D eigenvalue weighted by atomic mass is 9.78. The third kappa shape index (κ3) is 4.71. The number of ether oxygens (including phenoxy) is 1. The second-order valence-electron chi connectivity index (χ2n) is 6.35. The number of hydrogen-bond donors (Lipinski definition) is 1. The van der Waals surface area contributed by atoms with E-state index in [0.29, 0.717) is 0 Å². The van der Waals surface area contributed by atoms with Crippen LogP contribution in [-0.4, -0.2) is 35.2 Å². The van der Waals surface area contributed by atoms with Gasteiger partial charge in [-0.3, -0.25) is 4.79 Å². The van der Waals surface area contributed by atoms with E-state index in [2.05, 4.69) is 0 Å². The van der Waals surface area contributed by atoms with Crippen molar-refractivity contribution >= 4 is 12.1 Å². The first-order valence-electron chi connectivity index (χ1n) is 8.15. The Morgan fingerprint density at radius 2 is 1.83 bits per heavy atom. The maximum atomic E-state index is 12.1. The molecule has 1 aliphatic carbocycles. The number of amides is 1. The second kappa shape index (κ2) is 7.99. The van der Waals surface area contributed by atoms with E-state index in [0.717, 1.165) is 31.2 Å². The minimum atomic E-state index is -0.732. The number of carboxylic acid groups (broad SMARTS) is 1. The Bertz CT molecular complexity index is 523. The predicted octanol–water partition coefficient (Wildman–Crippen LogP) is 3.53. The summed E-state index contributed by atoms with van der Waals surface area (Å²) in [6.45, 7) is 2.04. The number of hydrogen-bond acceptors (Lipinski definition) is 3. The zero-order valence-corrected chi connectivity index (χ0v) is 13.8. The lowest BCUT2D eigenvalue weighted by molar-refractivity contribution is -0.143. The summed E-state index contributed by atoms with van der Waals surface area (Å²) >= 11 is 0. The quantitative estimate of drug-likeness (QED) is 0.901. The fraction of sp³-hybridized carbons (Fsp3) is 0.556. The Hall–Kier alpha value is -2.04. The molecule has 0 heterocycles. The molecule has 1 aromatic carbocycles. The van der Waals surface area contributed by atoms with Crippen molar-refractivity contribution in [1.82, 2.24) is 4.90 Å². The smallest absolute Gasteiger partial charge is 0.410 e. The molecule has 1 aliphatic rings. The van der Waals surface area contributed by atoms with Crippen LogP contribution in [0, 0.1) is 11.8 Å². The molecule has 0 spiro atoms. The van der Waals surface area contributed by atoms with Crippen molar-refractivity contribution in [2.45, 2.75) is 45.3 Å². The van der Waals surface area contributed by atoms with Crippen molar-refractivity contribution in [3.05, 3.63) is 35.9 Å². The van der Waals surface area contributed by atoms with Crippen molar-refractivity contribution in [3.63, 3.8) is 0 Å². The van der Waals surface area contributed by atoms with Gasteiger partial charge in [-0.05, 0) is 37.2 Å². The average Bonchev–Trinajstić information content (AvgIpc) is 2.59. The SMILES string of the molecule is CC(C(=O)O)C1CCC(N(C)C(=O)OCc2ccccc2)CC1. The third-order valence-corrected chi connectivity index (χ3v) is 4.88. The number of carbonyl (C=O) groups is 2. The van der Waals surface area contributed by atoms with E-state index in [4.69, 9.17) is 9.84 Å². The molecule has 1 saturated carbocycles. The van der Waals surface area contributed by atoms with Gasteiger partial charge in [0, 0.05) is 13.1 Å². The molecule has 0 radical (unpaired) electrons.